The van der Waals surface area contributed by atoms with E-state index in [2.05, 4.69) is 15.4 Å². The van der Waals surface area contributed by atoms with Crippen LogP contribution in [0.1, 0.15) is 12.6 Å². The Bertz CT molecular complexity index is 440. The normalized spacial score (nSPS) is 10.7. The van der Waals surface area contributed by atoms with Crippen molar-refractivity contribution in [3.05, 3.63) is 18.1 Å². The van der Waals surface area contributed by atoms with E-state index in [-0.39, 0.29) is 0 Å². The van der Waals surface area contributed by atoms with Crippen molar-refractivity contribution in [2.45, 2.75) is 13.3 Å². The lowest BCUT2D eigenvalue weighted by Crippen LogP contribution is -1.97. The maximum Gasteiger partial charge on any atom is 0.166 e. The molecule has 6 heteroatoms. The Kier molecular flexibility index (Phi) is 1.95. The minimum absolute atomic E-state index is 0.413. The number of anilines is 1. The number of aryl methyl sites for hydroxylation is 2. The second-order valence-electron chi connectivity index (χ2n) is 3.08. The smallest absolute Gasteiger partial charge is 0.166 e. The molecule has 2 aromatic heterocycles. The van der Waals surface area contributed by atoms with E-state index in [1.165, 1.54) is 0 Å². The maximum absolute atomic E-state index is 5.49. The lowest BCUT2D eigenvalue weighted by atomic mass is 10.3. The van der Waals surface area contributed by atoms with Crippen LogP contribution in [0, 0.1) is 0 Å². The Labute approximate surface area is 81.3 Å². The molecule has 0 unspecified atom stereocenters. The van der Waals surface area contributed by atoms with Crippen molar-refractivity contribution in [2.75, 3.05) is 5.73 Å². The highest BCUT2D eigenvalue weighted by atomic mass is 15.4. The average molecular weight is 192 g/mol. The first-order chi connectivity index (χ1) is 6.70. The van der Waals surface area contributed by atoms with Gasteiger partial charge in [-0.15, -0.1) is 5.10 Å². The molecule has 2 N–H and O–H groups in total. The zero-order valence-electron chi connectivity index (χ0n) is 8.18. The van der Waals surface area contributed by atoms with Crippen molar-refractivity contribution in [3.63, 3.8) is 0 Å². The number of aromatic nitrogens is 5. The van der Waals surface area contributed by atoms with Crippen molar-refractivity contribution in [2.24, 2.45) is 7.05 Å². The molecule has 0 amide bonds. The first-order valence-corrected chi connectivity index (χ1v) is 4.41. The van der Waals surface area contributed by atoms with Crippen LogP contribution in [0.15, 0.2) is 12.4 Å². The van der Waals surface area contributed by atoms with Gasteiger partial charge in [0.2, 0.25) is 0 Å². The highest BCUT2D eigenvalue weighted by Crippen LogP contribution is 2.12. The summed E-state index contributed by atoms with van der Waals surface area (Å²) < 4.78 is 3.40. The molecule has 0 aliphatic rings. The number of nitrogens with zero attached hydrogens (tertiary/aromatic N) is 5. The van der Waals surface area contributed by atoms with Crippen molar-refractivity contribution in [1.29, 1.82) is 0 Å². The van der Waals surface area contributed by atoms with Crippen LogP contribution in [0.4, 0.5) is 5.82 Å². The highest BCUT2D eigenvalue weighted by molar-refractivity contribution is 5.36. The maximum atomic E-state index is 5.49. The van der Waals surface area contributed by atoms with Crippen LogP contribution in [-0.2, 0) is 13.5 Å². The van der Waals surface area contributed by atoms with Crippen LogP contribution in [0.5, 0.6) is 0 Å². The zero-order chi connectivity index (χ0) is 10.1. The Morgan fingerprint density at radius 1 is 1.43 bits per heavy atom. The number of hydrogen-bond acceptors (Lipinski definition) is 4. The van der Waals surface area contributed by atoms with Crippen LogP contribution in [-0.4, -0.2) is 24.8 Å². The summed E-state index contributed by atoms with van der Waals surface area (Å²) >= 11 is 0. The molecule has 2 aromatic rings. The van der Waals surface area contributed by atoms with Crippen LogP contribution in [0.3, 0.4) is 0 Å². The summed E-state index contributed by atoms with van der Waals surface area (Å²) in [6, 6.07) is 0. The number of hydrogen-bond donors (Lipinski definition) is 1. The molecule has 74 valence electrons. The second kappa shape index (κ2) is 3.13. The predicted molar refractivity (Wildman–Crippen MR) is 51.9 cm³/mol. The summed E-state index contributed by atoms with van der Waals surface area (Å²) in [6.45, 7) is 2.05. The van der Waals surface area contributed by atoms with E-state index in [0.29, 0.717) is 5.82 Å². The van der Waals surface area contributed by atoms with Gasteiger partial charge in [0.25, 0.3) is 0 Å². The van der Waals surface area contributed by atoms with Crippen LogP contribution in [0.2, 0.25) is 0 Å². The summed E-state index contributed by atoms with van der Waals surface area (Å²) in [5.41, 5.74) is 7.41. The van der Waals surface area contributed by atoms with Gasteiger partial charge >= 0.3 is 0 Å². The molecule has 0 aliphatic carbocycles. The van der Waals surface area contributed by atoms with Crippen molar-refractivity contribution < 1.29 is 0 Å². The van der Waals surface area contributed by atoms with Gasteiger partial charge in [0.15, 0.2) is 5.82 Å². The molecular weight excluding hydrogens is 180 g/mol. The summed E-state index contributed by atoms with van der Waals surface area (Å²) in [5.74, 6) is 0.413. The van der Waals surface area contributed by atoms with E-state index < -0.39 is 0 Å². The molecule has 0 spiro atoms. The van der Waals surface area contributed by atoms with Gasteiger partial charge in [-0.1, -0.05) is 12.1 Å². The molecule has 0 aliphatic heterocycles. The van der Waals surface area contributed by atoms with E-state index in [4.69, 9.17) is 5.73 Å². The number of nitrogen functional groups attached to an aromatic ring is 1. The Balaban J connectivity index is 2.49. The van der Waals surface area contributed by atoms with Gasteiger partial charge in [-0.25, -0.2) is 4.68 Å². The average Bonchev–Trinajstić information content (AvgIpc) is 2.71. The molecule has 0 atom stereocenters. The number of rotatable bonds is 2. The monoisotopic (exact) mass is 192 g/mol. The predicted octanol–water partition coefficient (Wildman–Crippen LogP) is 0.145. The molecule has 6 nitrogen and oxygen atoms in total. The lowest BCUT2D eigenvalue weighted by molar-refractivity contribution is 0.746. The fourth-order valence-corrected chi connectivity index (χ4v) is 1.36. The van der Waals surface area contributed by atoms with E-state index in [0.717, 1.165) is 17.8 Å². The minimum atomic E-state index is 0.413. The van der Waals surface area contributed by atoms with Crippen molar-refractivity contribution >= 4 is 5.82 Å². The van der Waals surface area contributed by atoms with Gasteiger partial charge in [0, 0.05) is 7.05 Å². The standard InChI is InChI=1S/C8H12N6/c1-3-6-7(4-13(2)11-6)14-5-8(9)10-12-14/h4-5H,3,9H2,1-2H3. The first-order valence-electron chi connectivity index (χ1n) is 4.41. The van der Waals surface area contributed by atoms with Crippen molar-refractivity contribution in [3.8, 4) is 5.69 Å². The molecular formula is C8H12N6. The topological polar surface area (TPSA) is 74.5 Å². The molecule has 2 heterocycles. The fourth-order valence-electron chi connectivity index (χ4n) is 1.36. The third kappa shape index (κ3) is 1.34. The molecule has 2 rings (SSSR count). The molecule has 0 bridgehead atoms. The van der Waals surface area contributed by atoms with Crippen LogP contribution < -0.4 is 5.73 Å². The molecule has 0 fully saturated rings. The van der Waals surface area contributed by atoms with E-state index in [9.17, 15) is 0 Å². The van der Waals surface area contributed by atoms with Crippen molar-refractivity contribution in [1.82, 2.24) is 24.8 Å². The molecule has 0 saturated heterocycles. The van der Waals surface area contributed by atoms with Gasteiger partial charge in [0.1, 0.15) is 5.69 Å². The highest BCUT2D eigenvalue weighted by Gasteiger charge is 2.08. The SMILES string of the molecule is CCc1nn(C)cc1-n1cc(N)nn1. The van der Waals surface area contributed by atoms with Gasteiger partial charge in [0.05, 0.1) is 18.1 Å². The Morgan fingerprint density at radius 3 is 2.79 bits per heavy atom. The minimum Gasteiger partial charge on any atom is -0.381 e. The van der Waals surface area contributed by atoms with E-state index in [1.807, 2.05) is 20.2 Å². The van der Waals surface area contributed by atoms with Gasteiger partial charge in [-0.3, -0.25) is 4.68 Å². The third-order valence-electron chi connectivity index (χ3n) is 1.98. The quantitative estimate of drug-likeness (QED) is 0.734. The summed E-state index contributed by atoms with van der Waals surface area (Å²) in [4.78, 5) is 0. The van der Waals surface area contributed by atoms with Gasteiger partial charge < -0.3 is 5.73 Å². The first kappa shape index (κ1) is 8.74. The summed E-state index contributed by atoms with van der Waals surface area (Å²) in [5, 5.41) is 11.9. The summed E-state index contributed by atoms with van der Waals surface area (Å²) in [7, 11) is 1.88. The second-order valence-corrected chi connectivity index (χ2v) is 3.08. The van der Waals surface area contributed by atoms with Crippen LogP contribution in [0.25, 0.3) is 5.69 Å². The molecule has 0 saturated carbocycles. The zero-order valence-corrected chi connectivity index (χ0v) is 8.18. The Morgan fingerprint density at radius 2 is 2.21 bits per heavy atom. The Hall–Kier alpha value is -1.85. The van der Waals surface area contributed by atoms with E-state index >= 15 is 0 Å². The summed E-state index contributed by atoms with van der Waals surface area (Å²) in [6.07, 6.45) is 4.43. The molecule has 0 aromatic carbocycles. The number of nitrogens with two attached hydrogens (primary N) is 1. The fraction of sp³-hybridized carbons (Fsp3) is 0.375. The van der Waals surface area contributed by atoms with Gasteiger partial charge in [-0.2, -0.15) is 5.10 Å². The van der Waals surface area contributed by atoms with Gasteiger partial charge in [-0.05, 0) is 6.42 Å². The lowest BCUT2D eigenvalue weighted by Gasteiger charge is -1.96. The molecule has 0 radical (unpaired) electrons. The largest absolute Gasteiger partial charge is 0.381 e. The molecule has 14 heavy (non-hydrogen) atoms. The van der Waals surface area contributed by atoms with E-state index in [1.54, 1.807) is 15.6 Å². The third-order valence-corrected chi connectivity index (χ3v) is 1.98. The van der Waals surface area contributed by atoms with Crippen LogP contribution >= 0.6 is 0 Å².